The molecule has 3 N–H and O–H groups in total. The minimum atomic E-state index is -4.92. The van der Waals surface area contributed by atoms with E-state index in [0.717, 1.165) is 44.4 Å². The molecule has 4 fully saturated rings. The van der Waals surface area contributed by atoms with Crippen LogP contribution in [0.5, 0.6) is 6.01 Å². The van der Waals surface area contributed by atoms with Crippen LogP contribution < -0.4 is 20.7 Å². The van der Waals surface area contributed by atoms with Gasteiger partial charge in [0.2, 0.25) is 0 Å². The number of nitrogen functional groups attached to an aromatic ring is 1. The zero-order valence-electron chi connectivity index (χ0n) is 25.0. The number of aryl methyl sites for hydroxylation is 1. The summed E-state index contributed by atoms with van der Waals surface area (Å²) in [4.78, 5) is 13.5. The third-order valence-electron chi connectivity index (χ3n) is 10.0. The molecule has 0 saturated carbocycles. The normalized spacial score (nSPS) is 26.5. The molecule has 4 atom stereocenters. The number of anilines is 2. The van der Waals surface area contributed by atoms with Crippen LogP contribution in [0.2, 0.25) is 5.02 Å². The van der Waals surface area contributed by atoms with Crippen molar-refractivity contribution in [1.82, 2.24) is 30.0 Å². The minimum Gasteiger partial charge on any atom is -0.461 e. The summed E-state index contributed by atoms with van der Waals surface area (Å²) >= 11 is 6.10. The number of rotatable bonds is 5. The molecular formula is C31H32ClF5N8O. The first-order valence-corrected chi connectivity index (χ1v) is 15.8. The highest BCUT2D eigenvalue weighted by atomic mass is 35.5. The summed E-state index contributed by atoms with van der Waals surface area (Å²) in [7, 11) is 1.61. The van der Waals surface area contributed by atoms with Crippen LogP contribution in [0, 0.1) is 5.82 Å². The van der Waals surface area contributed by atoms with Gasteiger partial charge in [-0.1, -0.05) is 11.6 Å². The van der Waals surface area contributed by atoms with Gasteiger partial charge < -0.3 is 20.7 Å². The third-order valence-corrected chi connectivity index (χ3v) is 10.3. The fourth-order valence-electron chi connectivity index (χ4n) is 8.18. The summed E-state index contributed by atoms with van der Waals surface area (Å²) < 4.78 is 82.6. The fourth-order valence-corrected chi connectivity index (χ4v) is 8.52. The first-order valence-electron chi connectivity index (χ1n) is 15.5. The van der Waals surface area contributed by atoms with E-state index in [2.05, 4.69) is 25.2 Å². The average Bonchev–Trinajstić information content (AvgIpc) is 3.72. The Morgan fingerprint density at radius 3 is 2.63 bits per heavy atom. The molecule has 4 saturated heterocycles. The summed E-state index contributed by atoms with van der Waals surface area (Å²) in [5.41, 5.74) is 3.00. The Balaban J connectivity index is 1.36. The molecule has 46 heavy (non-hydrogen) atoms. The van der Waals surface area contributed by atoms with Crippen LogP contribution in [0.25, 0.3) is 32.9 Å². The number of fused-ring (bicyclic) bond motifs is 6. The zero-order chi connectivity index (χ0) is 32.1. The van der Waals surface area contributed by atoms with E-state index in [-0.39, 0.29) is 41.4 Å². The number of aromatic nitrogens is 4. The lowest BCUT2D eigenvalue weighted by atomic mass is 9.94. The van der Waals surface area contributed by atoms with Gasteiger partial charge in [0.25, 0.3) is 0 Å². The Kier molecular flexibility index (Phi) is 6.83. The molecule has 8 rings (SSSR count). The maximum Gasteiger partial charge on any atom is 0.418 e. The van der Waals surface area contributed by atoms with Crippen molar-refractivity contribution in [3.63, 3.8) is 0 Å². The fraction of sp³-hybridized carbons (Fsp3) is 0.516. The molecule has 0 aliphatic carbocycles. The lowest BCUT2D eigenvalue weighted by Gasteiger charge is -2.35. The maximum absolute atomic E-state index is 17.1. The number of nitrogens with one attached hydrogen (secondary N) is 1. The van der Waals surface area contributed by atoms with Crippen molar-refractivity contribution in [3.05, 3.63) is 34.7 Å². The Bertz CT molecular complexity index is 1870. The Morgan fingerprint density at radius 1 is 1.13 bits per heavy atom. The zero-order valence-corrected chi connectivity index (χ0v) is 25.7. The van der Waals surface area contributed by atoms with Gasteiger partial charge in [0.1, 0.15) is 29.6 Å². The molecule has 4 aromatic rings. The first-order chi connectivity index (χ1) is 21.9. The average molecular weight is 663 g/mol. The van der Waals surface area contributed by atoms with Crippen LogP contribution in [0.4, 0.5) is 33.5 Å². The van der Waals surface area contributed by atoms with Gasteiger partial charge in [-0.05, 0) is 44.4 Å². The molecule has 9 nitrogen and oxygen atoms in total. The largest absolute Gasteiger partial charge is 0.461 e. The molecule has 0 spiro atoms. The van der Waals surface area contributed by atoms with Gasteiger partial charge in [0.15, 0.2) is 5.82 Å². The van der Waals surface area contributed by atoms with Crippen molar-refractivity contribution in [2.75, 3.05) is 43.4 Å². The van der Waals surface area contributed by atoms with E-state index in [1.807, 2.05) is 0 Å². The van der Waals surface area contributed by atoms with Crippen molar-refractivity contribution in [2.45, 2.75) is 62.1 Å². The smallest absolute Gasteiger partial charge is 0.418 e. The van der Waals surface area contributed by atoms with Crippen molar-refractivity contribution in [3.8, 4) is 17.1 Å². The second kappa shape index (κ2) is 10.5. The number of hydrogen-bond acceptors (Lipinski definition) is 8. The van der Waals surface area contributed by atoms with Gasteiger partial charge in [0, 0.05) is 73.6 Å². The monoisotopic (exact) mass is 662 g/mol. The van der Waals surface area contributed by atoms with Gasteiger partial charge >= 0.3 is 12.2 Å². The van der Waals surface area contributed by atoms with E-state index in [1.54, 1.807) is 13.2 Å². The van der Waals surface area contributed by atoms with Crippen molar-refractivity contribution >= 4 is 44.9 Å². The number of hydrogen-bond donors (Lipinski definition) is 2. The number of nitrogens with zero attached hydrogens (tertiary/aromatic N) is 6. The lowest BCUT2D eigenvalue weighted by Crippen LogP contribution is -2.51. The van der Waals surface area contributed by atoms with E-state index < -0.39 is 45.4 Å². The van der Waals surface area contributed by atoms with Crippen LogP contribution in [0.15, 0.2) is 18.3 Å². The van der Waals surface area contributed by atoms with E-state index in [1.165, 1.54) is 4.68 Å². The van der Waals surface area contributed by atoms with Crippen molar-refractivity contribution in [2.24, 2.45) is 7.05 Å². The molecule has 0 amide bonds. The highest BCUT2D eigenvalue weighted by molar-refractivity contribution is 6.32. The summed E-state index contributed by atoms with van der Waals surface area (Å²) in [6, 6.07) is 2.34. The standard InChI is InChI=1S/C31H32ClF5N8O/c1-43-13-20-23-27(25(34)22(26(20)42-43)19-7-16(38)8-21(32)24(19)31(35,36)37)40-29(41-28(23)44-11-17-3-4-18(12-44)39-17)46-14-30-5-2-6-45(30)10-15(33)9-30/h7-8,13,15,17-18,39H,2-6,9-12,14,38H2,1H3/t15-,17-,18+,30+/m1/s1. The minimum absolute atomic E-state index is 0.00304. The summed E-state index contributed by atoms with van der Waals surface area (Å²) in [5.74, 6) is -0.607. The van der Waals surface area contributed by atoms with Crippen LogP contribution >= 0.6 is 11.6 Å². The van der Waals surface area contributed by atoms with Gasteiger partial charge in [-0.25, -0.2) is 8.78 Å². The Labute approximate surface area is 265 Å². The topological polar surface area (TPSA) is 97.4 Å². The van der Waals surface area contributed by atoms with E-state index in [4.69, 9.17) is 27.1 Å². The molecule has 2 bridgehead atoms. The number of ether oxygens (including phenoxy) is 1. The van der Waals surface area contributed by atoms with Crippen LogP contribution in [-0.2, 0) is 13.2 Å². The Morgan fingerprint density at radius 2 is 1.89 bits per heavy atom. The molecule has 244 valence electrons. The predicted molar refractivity (Wildman–Crippen MR) is 164 cm³/mol. The van der Waals surface area contributed by atoms with Crippen molar-refractivity contribution in [1.29, 1.82) is 0 Å². The molecule has 2 aromatic carbocycles. The van der Waals surface area contributed by atoms with Crippen LogP contribution in [0.3, 0.4) is 0 Å². The predicted octanol–water partition coefficient (Wildman–Crippen LogP) is 5.47. The third kappa shape index (κ3) is 4.74. The molecule has 4 aliphatic rings. The Hall–Kier alpha value is -3.49. The molecule has 2 aromatic heterocycles. The molecule has 0 radical (unpaired) electrons. The van der Waals surface area contributed by atoms with E-state index >= 15 is 4.39 Å². The highest BCUT2D eigenvalue weighted by Gasteiger charge is 2.49. The lowest BCUT2D eigenvalue weighted by molar-refractivity contribution is -0.137. The van der Waals surface area contributed by atoms with Gasteiger partial charge in [-0.2, -0.15) is 28.2 Å². The highest BCUT2D eigenvalue weighted by Crippen LogP contribution is 2.48. The summed E-state index contributed by atoms with van der Waals surface area (Å²) in [6.45, 7) is 2.39. The quantitative estimate of drug-likeness (QED) is 0.215. The first kappa shape index (κ1) is 29.9. The van der Waals surface area contributed by atoms with Gasteiger partial charge in [0.05, 0.1) is 21.5 Å². The summed E-state index contributed by atoms with van der Waals surface area (Å²) in [5, 5.41) is 8.06. The van der Waals surface area contributed by atoms with Crippen molar-refractivity contribution < 1.29 is 26.7 Å². The van der Waals surface area contributed by atoms with E-state index in [9.17, 15) is 17.6 Å². The molecule has 15 heteroatoms. The second-order valence-corrected chi connectivity index (χ2v) is 13.5. The summed E-state index contributed by atoms with van der Waals surface area (Å²) in [6.07, 6.45) is -0.330. The van der Waals surface area contributed by atoms with Crippen LogP contribution in [-0.4, -0.2) is 81.2 Å². The number of nitrogens with two attached hydrogens (primary N) is 1. The number of piperazine rings is 1. The SMILES string of the molecule is Cn1cc2c(n1)c(-c1cc(N)cc(Cl)c1C(F)(F)F)c(F)c1nc(OC[C@@]34CCCN3C[C@H](F)C4)nc(N3C[C@H]4CC[C@@H](C3)N4)c12. The molecular weight excluding hydrogens is 631 g/mol. The maximum atomic E-state index is 17.1. The number of alkyl halides is 4. The van der Waals surface area contributed by atoms with Gasteiger partial charge in [-0.3, -0.25) is 9.58 Å². The van der Waals surface area contributed by atoms with Gasteiger partial charge in [-0.15, -0.1) is 0 Å². The van der Waals surface area contributed by atoms with E-state index in [0.29, 0.717) is 42.6 Å². The second-order valence-electron chi connectivity index (χ2n) is 13.1. The molecule has 0 unspecified atom stereocenters. The van der Waals surface area contributed by atoms with Crippen LogP contribution in [0.1, 0.15) is 37.7 Å². The molecule has 6 heterocycles. The molecule has 4 aliphatic heterocycles. The number of halogens is 6. The number of benzene rings is 2.